The second-order valence-corrected chi connectivity index (χ2v) is 5.91. The van der Waals surface area contributed by atoms with Crippen molar-refractivity contribution in [2.45, 2.75) is 26.4 Å². The Bertz CT molecular complexity index is 766. The average Bonchev–Trinajstić information content (AvgIpc) is 2.58. The third kappa shape index (κ3) is 3.85. The molecule has 2 aromatic carbocycles. The number of hydrogen-bond donors (Lipinski definition) is 1. The summed E-state index contributed by atoms with van der Waals surface area (Å²) in [5, 5.41) is 3.67. The van der Waals surface area contributed by atoms with E-state index in [0.717, 1.165) is 12.2 Å². The van der Waals surface area contributed by atoms with E-state index in [0.29, 0.717) is 0 Å². The fraction of sp³-hybridized carbons (Fsp3) is 0.190. The van der Waals surface area contributed by atoms with Crippen molar-refractivity contribution in [1.29, 1.82) is 0 Å². The molecule has 0 aliphatic heterocycles. The summed E-state index contributed by atoms with van der Waals surface area (Å²) in [6.07, 6.45) is 1.89. The van der Waals surface area contributed by atoms with Gasteiger partial charge in [0.25, 0.3) is 0 Å². The van der Waals surface area contributed by atoms with Crippen LogP contribution >= 0.6 is 0 Å². The fourth-order valence-corrected chi connectivity index (χ4v) is 2.82. The highest BCUT2D eigenvalue weighted by molar-refractivity contribution is 5.35. The molecule has 0 spiro atoms. The third-order valence-corrected chi connectivity index (χ3v) is 4.08. The van der Waals surface area contributed by atoms with Gasteiger partial charge >= 0.3 is 0 Å². The molecule has 3 rings (SSSR count). The number of hydrogen-bond acceptors (Lipinski definition) is 2. The van der Waals surface area contributed by atoms with E-state index in [-0.39, 0.29) is 6.04 Å². The lowest BCUT2D eigenvalue weighted by Crippen LogP contribution is -2.23. The van der Waals surface area contributed by atoms with E-state index >= 15 is 0 Å². The van der Waals surface area contributed by atoms with Gasteiger partial charge in [-0.25, -0.2) is 0 Å². The number of benzene rings is 2. The molecule has 1 atom stereocenters. The lowest BCUT2D eigenvalue weighted by molar-refractivity contribution is 0.589. The molecule has 1 N–H and O–H groups in total. The topological polar surface area (TPSA) is 24.9 Å². The second kappa shape index (κ2) is 7.21. The maximum Gasteiger partial charge on any atom is 0.0756 e. The minimum absolute atomic E-state index is 0.0938. The van der Waals surface area contributed by atoms with Crippen LogP contribution in [0.5, 0.6) is 0 Å². The first-order valence-corrected chi connectivity index (χ1v) is 7.99. The predicted molar refractivity (Wildman–Crippen MR) is 95.3 cm³/mol. The van der Waals surface area contributed by atoms with Crippen LogP contribution in [-0.4, -0.2) is 4.98 Å². The smallest absolute Gasteiger partial charge is 0.0756 e. The van der Waals surface area contributed by atoms with Crippen LogP contribution in [0.4, 0.5) is 0 Å². The first-order valence-electron chi connectivity index (χ1n) is 7.99. The number of aromatic nitrogens is 1. The molecule has 2 nitrogen and oxygen atoms in total. The van der Waals surface area contributed by atoms with Crippen LogP contribution in [-0.2, 0) is 6.54 Å². The van der Waals surface area contributed by atoms with Gasteiger partial charge in [-0.1, -0.05) is 54.6 Å². The Morgan fingerprint density at radius 2 is 1.65 bits per heavy atom. The molecular weight excluding hydrogens is 280 g/mol. The highest BCUT2D eigenvalue weighted by Gasteiger charge is 2.17. The number of aryl methyl sites for hydroxylation is 2. The number of nitrogens with one attached hydrogen (secondary N) is 1. The molecule has 0 bridgehead atoms. The maximum absolute atomic E-state index is 4.61. The fourth-order valence-electron chi connectivity index (χ4n) is 2.82. The van der Waals surface area contributed by atoms with E-state index in [1.165, 1.54) is 22.3 Å². The summed E-state index contributed by atoms with van der Waals surface area (Å²) in [5.74, 6) is 0. The normalized spacial score (nSPS) is 12.1. The molecule has 0 fully saturated rings. The van der Waals surface area contributed by atoms with E-state index in [9.17, 15) is 0 Å². The quantitative estimate of drug-likeness (QED) is 0.746. The van der Waals surface area contributed by atoms with E-state index in [1.807, 2.05) is 18.3 Å². The van der Waals surface area contributed by atoms with Crippen molar-refractivity contribution in [1.82, 2.24) is 10.3 Å². The summed E-state index contributed by atoms with van der Waals surface area (Å²) in [6, 6.07) is 23.3. The standard InChI is InChI=1S/C21H22N2/c1-16-12-13-22-20(14-16)21(19-11-7-6-8-17(19)2)23-15-18-9-4-3-5-10-18/h3-14,21,23H,15H2,1-2H3. The van der Waals surface area contributed by atoms with Gasteiger partial charge < -0.3 is 5.32 Å². The molecule has 0 saturated carbocycles. The zero-order valence-corrected chi connectivity index (χ0v) is 13.7. The summed E-state index contributed by atoms with van der Waals surface area (Å²) >= 11 is 0. The van der Waals surface area contributed by atoms with Crippen molar-refractivity contribution < 1.29 is 0 Å². The van der Waals surface area contributed by atoms with Gasteiger partial charge in [0.1, 0.15) is 0 Å². The number of pyridine rings is 1. The largest absolute Gasteiger partial charge is 0.301 e. The van der Waals surface area contributed by atoms with Crippen LogP contribution in [0.1, 0.15) is 34.0 Å². The molecule has 2 heteroatoms. The summed E-state index contributed by atoms with van der Waals surface area (Å²) in [6.45, 7) is 5.08. The van der Waals surface area contributed by atoms with Gasteiger partial charge in [0.15, 0.2) is 0 Å². The van der Waals surface area contributed by atoms with E-state index in [2.05, 4.69) is 78.7 Å². The molecule has 0 aliphatic carbocycles. The van der Waals surface area contributed by atoms with Gasteiger partial charge in [-0.3, -0.25) is 4.98 Å². The van der Waals surface area contributed by atoms with Gasteiger partial charge in [0.05, 0.1) is 11.7 Å². The Hall–Kier alpha value is -2.45. The summed E-state index contributed by atoms with van der Waals surface area (Å²) in [5.41, 5.74) is 6.13. The molecule has 1 aromatic heterocycles. The molecule has 1 unspecified atom stereocenters. The minimum atomic E-state index is 0.0938. The lowest BCUT2D eigenvalue weighted by Gasteiger charge is -2.21. The van der Waals surface area contributed by atoms with Crippen LogP contribution in [0, 0.1) is 13.8 Å². The molecule has 0 amide bonds. The van der Waals surface area contributed by atoms with Crippen molar-refractivity contribution in [2.24, 2.45) is 0 Å². The van der Waals surface area contributed by atoms with Crippen molar-refractivity contribution in [2.75, 3.05) is 0 Å². The molecule has 1 heterocycles. The van der Waals surface area contributed by atoms with Crippen LogP contribution in [0.15, 0.2) is 72.9 Å². The first kappa shape index (κ1) is 15.4. The summed E-state index contributed by atoms with van der Waals surface area (Å²) in [4.78, 5) is 4.61. The number of nitrogens with zero attached hydrogens (tertiary/aromatic N) is 1. The maximum atomic E-state index is 4.61. The minimum Gasteiger partial charge on any atom is -0.301 e. The summed E-state index contributed by atoms with van der Waals surface area (Å²) < 4.78 is 0. The van der Waals surface area contributed by atoms with Crippen LogP contribution in [0.3, 0.4) is 0 Å². The highest BCUT2D eigenvalue weighted by atomic mass is 14.9. The van der Waals surface area contributed by atoms with Crippen LogP contribution < -0.4 is 5.32 Å². The van der Waals surface area contributed by atoms with Gasteiger partial charge in [0.2, 0.25) is 0 Å². The van der Waals surface area contributed by atoms with E-state index < -0.39 is 0 Å². The highest BCUT2D eigenvalue weighted by Crippen LogP contribution is 2.24. The number of rotatable bonds is 5. The van der Waals surface area contributed by atoms with Gasteiger partial charge in [-0.2, -0.15) is 0 Å². The average molecular weight is 302 g/mol. The third-order valence-electron chi connectivity index (χ3n) is 4.08. The van der Waals surface area contributed by atoms with Crippen molar-refractivity contribution in [3.63, 3.8) is 0 Å². The SMILES string of the molecule is Cc1ccnc(C(NCc2ccccc2)c2ccccc2C)c1. The molecule has 116 valence electrons. The zero-order valence-electron chi connectivity index (χ0n) is 13.7. The van der Waals surface area contributed by atoms with Crippen molar-refractivity contribution >= 4 is 0 Å². The molecule has 3 aromatic rings. The Morgan fingerprint density at radius 3 is 2.39 bits per heavy atom. The van der Waals surface area contributed by atoms with Gasteiger partial charge in [-0.15, -0.1) is 0 Å². The van der Waals surface area contributed by atoms with Crippen LogP contribution in [0.25, 0.3) is 0 Å². The van der Waals surface area contributed by atoms with E-state index in [4.69, 9.17) is 0 Å². The summed E-state index contributed by atoms with van der Waals surface area (Å²) in [7, 11) is 0. The Kier molecular flexibility index (Phi) is 4.84. The Balaban J connectivity index is 1.92. The molecule has 0 saturated heterocycles. The first-order chi connectivity index (χ1) is 11.2. The molecule has 0 aliphatic rings. The van der Waals surface area contributed by atoms with Crippen molar-refractivity contribution in [3.05, 3.63) is 101 Å². The molecular formula is C21H22N2. The molecule has 23 heavy (non-hydrogen) atoms. The monoisotopic (exact) mass is 302 g/mol. The zero-order chi connectivity index (χ0) is 16.1. The van der Waals surface area contributed by atoms with Gasteiger partial charge in [-0.05, 0) is 48.2 Å². The second-order valence-electron chi connectivity index (χ2n) is 5.91. The Morgan fingerprint density at radius 1 is 0.913 bits per heavy atom. The van der Waals surface area contributed by atoms with Crippen LogP contribution in [0.2, 0.25) is 0 Å². The predicted octanol–water partition coefficient (Wildman–Crippen LogP) is 4.58. The van der Waals surface area contributed by atoms with Crippen molar-refractivity contribution in [3.8, 4) is 0 Å². The Labute approximate surface area is 138 Å². The van der Waals surface area contributed by atoms with E-state index in [1.54, 1.807) is 0 Å². The van der Waals surface area contributed by atoms with Gasteiger partial charge in [0, 0.05) is 12.7 Å². The lowest BCUT2D eigenvalue weighted by atomic mass is 9.97. The molecule has 0 radical (unpaired) electrons.